The molecule has 9 rings (SSSR count). The number of para-hydroxylation sites is 4. The number of benzene rings is 6. The topological polar surface area (TPSA) is 44.1 Å². The Kier molecular flexibility index (Phi) is 7.17. The monoisotopic (exact) mass is 682 g/mol. The Hall–Kier alpha value is -5.39. The first-order valence-electron chi connectivity index (χ1n) is 18.1. The van der Waals surface area contributed by atoms with E-state index in [2.05, 4.69) is 155 Å². The molecule has 0 bridgehead atoms. The van der Waals surface area contributed by atoms with Gasteiger partial charge in [-0.15, -0.1) is 0 Å². The van der Waals surface area contributed by atoms with Crippen LogP contribution in [0.4, 0.5) is 0 Å². The van der Waals surface area contributed by atoms with E-state index in [0.717, 1.165) is 66.3 Å². The molecule has 252 valence electrons. The minimum atomic E-state index is -1.40. The van der Waals surface area contributed by atoms with Gasteiger partial charge < -0.3 is 8.83 Å². The van der Waals surface area contributed by atoms with Crippen molar-refractivity contribution >= 4 is 68.2 Å². The van der Waals surface area contributed by atoms with Gasteiger partial charge in [-0.25, -0.2) is 4.98 Å². The normalized spacial score (nSPS) is 12.6. The van der Waals surface area contributed by atoms with Crippen molar-refractivity contribution in [2.45, 2.75) is 59.2 Å². The highest BCUT2D eigenvalue weighted by Crippen LogP contribution is 2.43. The van der Waals surface area contributed by atoms with Crippen LogP contribution < -0.4 is 5.19 Å². The van der Waals surface area contributed by atoms with Crippen molar-refractivity contribution in [3.63, 3.8) is 0 Å². The quantitative estimate of drug-likeness (QED) is 0.164. The molecule has 0 radical (unpaired) electrons. The Morgan fingerprint density at radius 1 is 0.569 bits per heavy atom. The van der Waals surface area contributed by atoms with E-state index >= 15 is 0 Å². The molecule has 0 aliphatic heterocycles. The molecule has 0 unspecified atom stereocenters. The lowest BCUT2D eigenvalue weighted by atomic mass is 9.88. The molecule has 0 aliphatic carbocycles. The van der Waals surface area contributed by atoms with Gasteiger partial charge in [0.25, 0.3) is 0 Å². The van der Waals surface area contributed by atoms with Crippen LogP contribution in [0.3, 0.4) is 0 Å². The number of imidazole rings is 1. The maximum atomic E-state index is 6.82. The number of hydrogen-bond donors (Lipinski definition) is 0. The van der Waals surface area contributed by atoms with Crippen LogP contribution in [0.1, 0.15) is 50.7 Å². The average Bonchev–Trinajstić information content (AvgIpc) is 3.80. The van der Waals surface area contributed by atoms with Gasteiger partial charge in [0.15, 0.2) is 0 Å². The standard InChI is InChI=1S/C46H42N2O2Si/c1-27(2)35-23-30(29-19-21-31(22-20-29)51(5,6)7)24-36(28(3)4)44(35)48-40-17-10-9-16-39(40)47-46(48)34-15-12-14-33-38-26-42-37(25-43(38)50-45(33)34)32-13-8-11-18-41(32)49-42/h8-28H,1-7H3. The van der Waals surface area contributed by atoms with Gasteiger partial charge in [-0.2, -0.15) is 0 Å². The van der Waals surface area contributed by atoms with Crippen molar-refractivity contribution in [1.29, 1.82) is 0 Å². The predicted octanol–water partition coefficient (Wildman–Crippen LogP) is 13.0. The third-order valence-electron chi connectivity index (χ3n) is 10.5. The summed E-state index contributed by atoms with van der Waals surface area (Å²) in [4.78, 5) is 5.37. The Bertz CT molecular complexity index is 2760. The van der Waals surface area contributed by atoms with E-state index in [0.29, 0.717) is 0 Å². The highest BCUT2D eigenvalue weighted by Gasteiger charge is 2.26. The average molecular weight is 683 g/mol. The van der Waals surface area contributed by atoms with Gasteiger partial charge in [0.05, 0.1) is 30.4 Å². The van der Waals surface area contributed by atoms with Crippen LogP contribution in [0.2, 0.25) is 19.6 Å². The van der Waals surface area contributed by atoms with Crippen LogP contribution in [-0.4, -0.2) is 17.6 Å². The lowest BCUT2D eigenvalue weighted by Crippen LogP contribution is -2.37. The van der Waals surface area contributed by atoms with Crippen LogP contribution in [0, 0.1) is 0 Å². The van der Waals surface area contributed by atoms with Crippen LogP contribution >= 0.6 is 0 Å². The van der Waals surface area contributed by atoms with Gasteiger partial charge in [-0.05, 0) is 82.6 Å². The van der Waals surface area contributed by atoms with Crippen molar-refractivity contribution in [3.8, 4) is 28.2 Å². The number of fused-ring (bicyclic) bond motifs is 7. The minimum Gasteiger partial charge on any atom is -0.456 e. The zero-order valence-electron chi connectivity index (χ0n) is 30.3. The molecule has 6 aromatic carbocycles. The Morgan fingerprint density at radius 2 is 1.20 bits per heavy atom. The zero-order chi connectivity index (χ0) is 35.2. The van der Waals surface area contributed by atoms with Gasteiger partial charge in [0.1, 0.15) is 28.2 Å². The Balaban J connectivity index is 1.30. The molecule has 0 aliphatic rings. The maximum absolute atomic E-state index is 6.82. The lowest BCUT2D eigenvalue weighted by Gasteiger charge is -2.24. The molecule has 3 heterocycles. The number of aromatic nitrogens is 2. The number of nitrogens with zero attached hydrogens (tertiary/aromatic N) is 2. The first-order chi connectivity index (χ1) is 24.6. The summed E-state index contributed by atoms with van der Waals surface area (Å²) in [6, 6.07) is 41.5. The van der Waals surface area contributed by atoms with E-state index in [4.69, 9.17) is 13.8 Å². The minimum absolute atomic E-state index is 0.278. The van der Waals surface area contributed by atoms with Gasteiger partial charge in [0, 0.05) is 21.5 Å². The predicted molar refractivity (Wildman–Crippen MR) is 218 cm³/mol. The summed E-state index contributed by atoms with van der Waals surface area (Å²) in [6.45, 7) is 16.4. The molecule has 0 saturated carbocycles. The molecule has 0 atom stereocenters. The number of hydrogen-bond acceptors (Lipinski definition) is 3. The van der Waals surface area contributed by atoms with Crippen molar-refractivity contribution in [2.24, 2.45) is 0 Å². The van der Waals surface area contributed by atoms with E-state index in [9.17, 15) is 0 Å². The molecule has 0 fully saturated rings. The van der Waals surface area contributed by atoms with Crippen molar-refractivity contribution in [1.82, 2.24) is 9.55 Å². The summed E-state index contributed by atoms with van der Waals surface area (Å²) in [5, 5.41) is 5.72. The SMILES string of the molecule is CC(C)c1cc(-c2ccc([Si](C)(C)C)cc2)cc(C(C)C)c1-n1c(-c2cccc3c2oc2cc4c(cc23)oc2ccccc24)nc2ccccc21. The number of rotatable bonds is 6. The smallest absolute Gasteiger partial charge is 0.149 e. The summed E-state index contributed by atoms with van der Waals surface area (Å²) >= 11 is 0. The maximum Gasteiger partial charge on any atom is 0.149 e. The first kappa shape index (κ1) is 31.6. The van der Waals surface area contributed by atoms with Gasteiger partial charge in [0.2, 0.25) is 0 Å². The largest absolute Gasteiger partial charge is 0.456 e. The molecule has 3 aromatic heterocycles. The molecule has 0 saturated heterocycles. The highest BCUT2D eigenvalue weighted by atomic mass is 28.3. The molecule has 9 aromatic rings. The van der Waals surface area contributed by atoms with Gasteiger partial charge >= 0.3 is 0 Å². The molecular formula is C46H42N2O2Si. The van der Waals surface area contributed by atoms with Gasteiger partial charge in [-0.1, -0.05) is 119 Å². The van der Waals surface area contributed by atoms with Crippen molar-refractivity contribution in [3.05, 3.63) is 126 Å². The second kappa shape index (κ2) is 11.6. The molecule has 5 heteroatoms. The fraction of sp³-hybridized carbons (Fsp3) is 0.196. The summed E-state index contributed by atoms with van der Waals surface area (Å²) in [7, 11) is -1.40. The second-order valence-corrected chi connectivity index (χ2v) is 20.7. The van der Waals surface area contributed by atoms with Crippen molar-refractivity contribution < 1.29 is 8.83 Å². The Labute approximate surface area is 299 Å². The summed E-state index contributed by atoms with van der Waals surface area (Å²) in [5.74, 6) is 1.44. The third kappa shape index (κ3) is 5.05. The van der Waals surface area contributed by atoms with Gasteiger partial charge in [-0.3, -0.25) is 4.57 Å². The molecule has 0 spiro atoms. The molecular weight excluding hydrogens is 641 g/mol. The molecule has 51 heavy (non-hydrogen) atoms. The number of furan rings is 2. The summed E-state index contributed by atoms with van der Waals surface area (Å²) < 4.78 is 15.5. The summed E-state index contributed by atoms with van der Waals surface area (Å²) in [6.07, 6.45) is 0. The van der Waals surface area contributed by atoms with Crippen LogP contribution in [0.25, 0.3) is 83.1 Å². The fourth-order valence-corrected chi connectivity index (χ4v) is 8.94. The first-order valence-corrected chi connectivity index (χ1v) is 21.6. The van der Waals surface area contributed by atoms with Crippen LogP contribution in [0.15, 0.2) is 124 Å². The van der Waals surface area contributed by atoms with E-state index < -0.39 is 8.07 Å². The highest BCUT2D eigenvalue weighted by molar-refractivity contribution is 6.88. The third-order valence-corrected chi connectivity index (χ3v) is 12.6. The molecule has 0 amide bonds. The van der Waals surface area contributed by atoms with Crippen molar-refractivity contribution in [2.75, 3.05) is 0 Å². The lowest BCUT2D eigenvalue weighted by molar-refractivity contribution is 0.664. The molecule has 0 N–H and O–H groups in total. The Morgan fingerprint density at radius 3 is 1.90 bits per heavy atom. The van der Waals surface area contributed by atoms with E-state index in [1.807, 2.05) is 12.1 Å². The zero-order valence-corrected chi connectivity index (χ0v) is 31.3. The van der Waals surface area contributed by atoms with Crippen LogP contribution in [0.5, 0.6) is 0 Å². The van der Waals surface area contributed by atoms with E-state index in [1.54, 1.807) is 0 Å². The second-order valence-electron chi connectivity index (χ2n) is 15.6. The van der Waals surface area contributed by atoms with E-state index in [-0.39, 0.29) is 11.8 Å². The summed E-state index contributed by atoms with van der Waals surface area (Å²) in [5.41, 5.74) is 12.8. The van der Waals surface area contributed by atoms with Crippen LogP contribution in [-0.2, 0) is 0 Å². The molecule has 4 nitrogen and oxygen atoms in total. The van der Waals surface area contributed by atoms with E-state index in [1.165, 1.54) is 33.1 Å². The fourth-order valence-electron chi connectivity index (χ4n) is 7.77.